The second-order valence-electron chi connectivity index (χ2n) is 6.94. The van der Waals surface area contributed by atoms with Gasteiger partial charge in [-0.15, -0.1) is 0 Å². The zero-order valence-electron chi connectivity index (χ0n) is 18.0. The molecule has 1 aromatic rings. The summed E-state index contributed by atoms with van der Waals surface area (Å²) in [4.78, 5) is 21.2. The predicted octanol–water partition coefficient (Wildman–Crippen LogP) is 0.342. The molecule has 3 N–H and O–H groups in total. The summed E-state index contributed by atoms with van der Waals surface area (Å²) < 4.78 is 5.65. The van der Waals surface area contributed by atoms with Gasteiger partial charge in [-0.3, -0.25) is 0 Å². The molecule has 0 saturated carbocycles. The van der Waals surface area contributed by atoms with Crippen LogP contribution in [0.15, 0.2) is 24.3 Å². The summed E-state index contributed by atoms with van der Waals surface area (Å²) in [6, 6.07) is 8.03. The third-order valence-electron chi connectivity index (χ3n) is 3.39. The number of nitrogens with two attached hydrogens (primary N) is 1. The first-order valence-corrected chi connectivity index (χ1v) is 9.31. The summed E-state index contributed by atoms with van der Waals surface area (Å²) in [5, 5.41) is 7.00. The minimum atomic E-state index is -0.576. The van der Waals surface area contributed by atoms with Crippen LogP contribution in [0.2, 0.25) is 0 Å². The number of aldehydes is 1. The van der Waals surface area contributed by atoms with Crippen LogP contribution in [0, 0.1) is 0 Å². The first-order chi connectivity index (χ1) is 12.9. The van der Waals surface area contributed by atoms with Crippen molar-refractivity contribution >= 4 is 6.29 Å². The van der Waals surface area contributed by atoms with Crippen LogP contribution in [0.1, 0.15) is 52.0 Å². The zero-order valence-corrected chi connectivity index (χ0v) is 21.1. The number of aryl methyl sites for hydroxylation is 1. The first kappa shape index (κ1) is 30.3. The van der Waals surface area contributed by atoms with Crippen LogP contribution in [-0.4, -0.2) is 43.4 Å². The molecule has 0 aliphatic carbocycles. The van der Waals surface area contributed by atoms with Crippen LogP contribution < -0.4 is 61.9 Å². The van der Waals surface area contributed by atoms with Gasteiger partial charge in [0, 0.05) is 12.7 Å². The van der Waals surface area contributed by atoms with E-state index >= 15 is 0 Å². The molecule has 1 atom stereocenters. The number of ether oxygens (including phenoxy) is 1. The second kappa shape index (κ2) is 19.1. The Labute approximate surface area is 212 Å². The quantitative estimate of drug-likeness (QED) is 0.206. The molecule has 0 bridgehead atoms. The van der Waals surface area contributed by atoms with Crippen LogP contribution in [0.5, 0.6) is 5.75 Å². The summed E-state index contributed by atoms with van der Waals surface area (Å²) in [6.45, 7) is 6.97. The Morgan fingerprint density at radius 2 is 1.79 bits per heavy atom. The average molecular weight is 423 g/mol. The average Bonchev–Trinajstić information content (AvgIpc) is 2.66. The monoisotopic (exact) mass is 422 g/mol. The van der Waals surface area contributed by atoms with Crippen molar-refractivity contribution in [3.63, 3.8) is 0 Å². The standard InChI is InChI=1S/C19H31N2O4.CH4O.K/c1-19(2,3)25-21-24-18(15-22)8-6-7-16-9-11-17(12-10-16)23-14-5-4-13-20;1-2;/h9-12,15,18H,4-8,13-14,20H2,1-3H3;2H,1H3;/q-1;;+1. The van der Waals surface area contributed by atoms with E-state index in [1.807, 2.05) is 45.0 Å². The number of aliphatic hydroxyl groups is 1. The summed E-state index contributed by atoms with van der Waals surface area (Å²) in [7, 11) is 1.00. The maximum Gasteiger partial charge on any atom is 1.00 e. The topological polar surface area (TPSA) is 105 Å². The maximum absolute atomic E-state index is 11.0. The molecule has 1 unspecified atom stereocenters. The predicted molar refractivity (Wildman–Crippen MR) is 106 cm³/mol. The van der Waals surface area contributed by atoms with Crippen molar-refractivity contribution in [1.82, 2.24) is 0 Å². The SMILES string of the molecule is CC(C)(C)O[N-]OC(C=O)CCCc1ccc(OCCCCN)cc1.CO.[K+]. The van der Waals surface area contributed by atoms with Crippen LogP contribution in [0.3, 0.4) is 0 Å². The largest absolute Gasteiger partial charge is 1.00 e. The fraction of sp³-hybridized carbons (Fsp3) is 0.650. The van der Waals surface area contributed by atoms with Crippen molar-refractivity contribution in [1.29, 1.82) is 0 Å². The van der Waals surface area contributed by atoms with Crippen molar-refractivity contribution in [3.05, 3.63) is 35.5 Å². The molecule has 28 heavy (non-hydrogen) atoms. The van der Waals surface area contributed by atoms with Gasteiger partial charge in [0.15, 0.2) is 0 Å². The van der Waals surface area contributed by atoms with Gasteiger partial charge < -0.3 is 35.7 Å². The Morgan fingerprint density at radius 3 is 2.32 bits per heavy atom. The van der Waals surface area contributed by atoms with E-state index in [2.05, 4.69) is 5.64 Å². The molecule has 0 aromatic heterocycles. The molecular formula is C20H35KN2O5. The second-order valence-corrected chi connectivity index (χ2v) is 6.94. The number of aliphatic hydroxyl groups excluding tert-OH is 1. The maximum atomic E-state index is 11.0. The molecule has 0 radical (unpaired) electrons. The van der Waals surface area contributed by atoms with E-state index < -0.39 is 11.7 Å². The molecule has 0 heterocycles. The number of unbranched alkanes of at least 4 members (excludes halogenated alkanes) is 1. The summed E-state index contributed by atoms with van der Waals surface area (Å²) in [6.07, 6.45) is 4.41. The molecule has 0 aliphatic rings. The summed E-state index contributed by atoms with van der Waals surface area (Å²) >= 11 is 0. The number of carbonyl (C=O) groups excluding carboxylic acids is 1. The number of rotatable bonds is 13. The van der Waals surface area contributed by atoms with Crippen molar-refractivity contribution in [2.45, 2.75) is 64.6 Å². The van der Waals surface area contributed by atoms with E-state index in [1.54, 1.807) is 0 Å². The van der Waals surface area contributed by atoms with Gasteiger partial charge in [0.05, 0.1) is 12.7 Å². The smallest absolute Gasteiger partial charge is 0.494 e. The molecule has 0 saturated heterocycles. The van der Waals surface area contributed by atoms with E-state index in [4.69, 9.17) is 25.3 Å². The van der Waals surface area contributed by atoms with E-state index in [0.717, 1.165) is 44.8 Å². The van der Waals surface area contributed by atoms with Gasteiger partial charge in [-0.25, -0.2) is 0 Å². The molecule has 156 valence electrons. The molecule has 0 amide bonds. The van der Waals surface area contributed by atoms with Gasteiger partial charge in [-0.2, -0.15) is 0 Å². The molecular weight excluding hydrogens is 387 g/mol. The molecule has 0 aliphatic heterocycles. The zero-order chi connectivity index (χ0) is 20.5. The number of carbonyl (C=O) groups is 1. The van der Waals surface area contributed by atoms with Crippen LogP contribution >= 0.6 is 0 Å². The molecule has 1 rings (SSSR count). The normalized spacial score (nSPS) is 11.6. The van der Waals surface area contributed by atoms with Crippen LogP contribution in [-0.2, 0) is 20.9 Å². The Morgan fingerprint density at radius 1 is 1.14 bits per heavy atom. The molecule has 1 aromatic carbocycles. The van der Waals surface area contributed by atoms with E-state index in [9.17, 15) is 4.79 Å². The number of benzene rings is 1. The van der Waals surface area contributed by atoms with Crippen molar-refractivity contribution < 1.29 is 75.7 Å². The summed E-state index contributed by atoms with van der Waals surface area (Å²) in [5.74, 6) is 0.869. The van der Waals surface area contributed by atoms with Crippen LogP contribution in [0.4, 0.5) is 0 Å². The van der Waals surface area contributed by atoms with E-state index in [1.165, 1.54) is 5.56 Å². The number of hydrogen-bond acceptors (Lipinski definition) is 6. The Hall–Kier alpha value is 0.126. The van der Waals surface area contributed by atoms with Gasteiger partial charge in [0.25, 0.3) is 0 Å². The van der Waals surface area contributed by atoms with Gasteiger partial charge in [-0.05, 0) is 77.1 Å². The minimum absolute atomic E-state index is 0. The van der Waals surface area contributed by atoms with E-state index in [0.29, 0.717) is 19.6 Å². The van der Waals surface area contributed by atoms with Crippen LogP contribution in [0.25, 0.3) is 5.64 Å². The van der Waals surface area contributed by atoms with E-state index in [-0.39, 0.29) is 51.4 Å². The van der Waals surface area contributed by atoms with Gasteiger partial charge in [0.1, 0.15) is 12.0 Å². The molecule has 0 fully saturated rings. The number of hydrogen-bond donors (Lipinski definition) is 2. The summed E-state index contributed by atoms with van der Waals surface area (Å²) in [5.41, 5.74) is 9.76. The fourth-order valence-corrected chi connectivity index (χ4v) is 2.03. The van der Waals surface area contributed by atoms with Crippen molar-refractivity contribution in [2.24, 2.45) is 5.73 Å². The minimum Gasteiger partial charge on any atom is -0.494 e. The van der Waals surface area contributed by atoms with Crippen molar-refractivity contribution in [3.8, 4) is 5.75 Å². The molecule has 8 heteroatoms. The Kier molecular flexibility index (Phi) is 20.7. The van der Waals surface area contributed by atoms with Gasteiger partial charge >= 0.3 is 51.4 Å². The Bertz CT molecular complexity index is 480. The first-order valence-electron chi connectivity index (χ1n) is 9.31. The number of nitrogens with zero attached hydrogens (tertiary/aromatic N) is 1. The van der Waals surface area contributed by atoms with Crippen molar-refractivity contribution in [2.75, 3.05) is 20.3 Å². The molecule has 7 nitrogen and oxygen atoms in total. The molecule has 0 spiro atoms. The third kappa shape index (κ3) is 17.0. The Balaban J connectivity index is 0. The van der Waals surface area contributed by atoms with Gasteiger partial charge in [0.2, 0.25) is 0 Å². The third-order valence-corrected chi connectivity index (χ3v) is 3.39. The fourth-order valence-electron chi connectivity index (χ4n) is 2.03. The van der Waals surface area contributed by atoms with Gasteiger partial charge in [-0.1, -0.05) is 12.1 Å².